The first-order valence-electron chi connectivity index (χ1n) is 9.30. The molecule has 0 saturated carbocycles. The van der Waals surface area contributed by atoms with Gasteiger partial charge in [-0.2, -0.15) is 0 Å². The number of nitrogens with zero attached hydrogens (tertiary/aromatic N) is 1. The Morgan fingerprint density at radius 2 is 1.90 bits per heavy atom. The second-order valence-corrected chi connectivity index (χ2v) is 6.90. The van der Waals surface area contributed by atoms with E-state index in [0.29, 0.717) is 35.7 Å². The third-order valence-corrected chi connectivity index (χ3v) is 4.92. The van der Waals surface area contributed by atoms with Gasteiger partial charge < -0.3 is 15.2 Å². The summed E-state index contributed by atoms with van der Waals surface area (Å²) in [5, 5.41) is 0. The molecule has 0 aliphatic carbocycles. The second kappa shape index (κ2) is 7.75. The molecule has 0 saturated heterocycles. The van der Waals surface area contributed by atoms with Gasteiger partial charge in [-0.15, -0.1) is 0 Å². The molecule has 1 amide bonds. The number of carbonyl (C=O) groups is 2. The number of primary amides is 1. The normalized spacial score (nSPS) is 13.9. The zero-order valence-corrected chi connectivity index (χ0v) is 15.9. The Bertz CT molecular complexity index is 1080. The molecule has 1 aliphatic rings. The molecular weight excluding hydrogens is 368 g/mol. The number of nitrogens with two attached hydrogens (primary N) is 1. The van der Waals surface area contributed by atoms with E-state index in [9.17, 15) is 9.59 Å². The fraction of sp³-hybridized carbons (Fsp3) is 0.174. The highest BCUT2D eigenvalue weighted by Gasteiger charge is 2.22. The molecule has 1 aliphatic heterocycles. The number of aryl methyl sites for hydroxylation is 1. The molecule has 1 atom stereocenters. The van der Waals surface area contributed by atoms with Gasteiger partial charge in [0.05, 0.1) is 12.2 Å². The third-order valence-electron chi connectivity index (χ3n) is 4.92. The number of pyridine rings is 1. The average molecular weight is 388 g/mol. The summed E-state index contributed by atoms with van der Waals surface area (Å²) < 4.78 is 11.9. The zero-order valence-electron chi connectivity index (χ0n) is 15.9. The van der Waals surface area contributed by atoms with Crippen LogP contribution in [0.5, 0.6) is 11.5 Å². The molecule has 0 fully saturated rings. The standard InChI is InChI=1S/C23H20N2O4/c1-14-12-16(2-4-18(14)23(24)27)22(15-6-9-25-10-7-15)29-17-3-5-19-20(26)8-11-28-21(19)13-17/h2-7,9-10,12-13,22H,8,11H2,1H3,(H2,24,27)/t22-/m0/s1. The highest BCUT2D eigenvalue weighted by molar-refractivity contribution is 5.99. The van der Waals surface area contributed by atoms with Crippen molar-refractivity contribution >= 4 is 11.7 Å². The monoisotopic (exact) mass is 388 g/mol. The van der Waals surface area contributed by atoms with E-state index < -0.39 is 12.0 Å². The Labute approximate surface area is 168 Å². The van der Waals surface area contributed by atoms with E-state index in [1.165, 1.54) is 0 Å². The van der Waals surface area contributed by atoms with E-state index in [1.807, 2.05) is 31.2 Å². The van der Waals surface area contributed by atoms with Crippen molar-refractivity contribution in [2.45, 2.75) is 19.4 Å². The van der Waals surface area contributed by atoms with Crippen LogP contribution >= 0.6 is 0 Å². The lowest BCUT2D eigenvalue weighted by Gasteiger charge is -2.23. The summed E-state index contributed by atoms with van der Waals surface area (Å²) in [5.74, 6) is 0.720. The fourth-order valence-electron chi connectivity index (χ4n) is 3.44. The van der Waals surface area contributed by atoms with Gasteiger partial charge in [-0.1, -0.05) is 12.1 Å². The van der Waals surface area contributed by atoms with Crippen molar-refractivity contribution in [3.05, 3.63) is 88.7 Å². The predicted octanol–water partition coefficient (Wildman–Crippen LogP) is 3.62. The van der Waals surface area contributed by atoms with Crippen LogP contribution in [0, 0.1) is 6.92 Å². The van der Waals surface area contributed by atoms with Crippen LogP contribution in [0.1, 0.15) is 49.9 Å². The second-order valence-electron chi connectivity index (χ2n) is 6.90. The maximum Gasteiger partial charge on any atom is 0.248 e. The van der Waals surface area contributed by atoms with Gasteiger partial charge in [-0.3, -0.25) is 14.6 Å². The van der Waals surface area contributed by atoms with Gasteiger partial charge >= 0.3 is 0 Å². The summed E-state index contributed by atoms with van der Waals surface area (Å²) in [4.78, 5) is 27.7. The molecule has 4 rings (SSSR count). The highest BCUT2D eigenvalue weighted by Crippen LogP contribution is 2.34. The lowest BCUT2D eigenvalue weighted by molar-refractivity contribution is 0.0932. The fourth-order valence-corrected chi connectivity index (χ4v) is 3.44. The van der Waals surface area contributed by atoms with Crippen LogP contribution in [-0.4, -0.2) is 23.3 Å². The number of carbonyl (C=O) groups excluding carboxylic acids is 2. The van der Waals surface area contributed by atoms with E-state index in [1.54, 1.807) is 36.7 Å². The van der Waals surface area contributed by atoms with E-state index in [0.717, 1.165) is 16.7 Å². The molecule has 0 spiro atoms. The molecule has 0 radical (unpaired) electrons. The zero-order chi connectivity index (χ0) is 20.4. The lowest BCUT2D eigenvalue weighted by atomic mass is 9.97. The Balaban J connectivity index is 1.72. The highest BCUT2D eigenvalue weighted by atomic mass is 16.5. The SMILES string of the molecule is Cc1cc([C@@H](Oc2ccc3c(c2)OCCC3=O)c2ccncc2)ccc1C(N)=O. The number of Topliss-reactive ketones (excluding diaryl/α,β-unsaturated/α-hetero) is 1. The number of hydrogen-bond acceptors (Lipinski definition) is 5. The lowest BCUT2D eigenvalue weighted by Crippen LogP contribution is -2.16. The Kier molecular flexibility index (Phi) is 4.99. The van der Waals surface area contributed by atoms with Gasteiger partial charge in [-0.25, -0.2) is 0 Å². The van der Waals surface area contributed by atoms with Gasteiger partial charge in [0.1, 0.15) is 17.6 Å². The molecule has 146 valence electrons. The minimum atomic E-state index is -0.466. The molecule has 6 nitrogen and oxygen atoms in total. The summed E-state index contributed by atoms with van der Waals surface area (Å²) in [6.45, 7) is 2.21. The number of aromatic nitrogens is 1. The van der Waals surface area contributed by atoms with Crippen molar-refractivity contribution in [1.29, 1.82) is 0 Å². The third kappa shape index (κ3) is 3.82. The molecule has 3 aromatic rings. The summed E-state index contributed by atoms with van der Waals surface area (Å²) in [6, 6.07) is 14.4. The number of fused-ring (bicyclic) bond motifs is 1. The first kappa shape index (κ1) is 18.7. The predicted molar refractivity (Wildman–Crippen MR) is 107 cm³/mol. The molecule has 6 heteroatoms. The van der Waals surface area contributed by atoms with Gasteiger partial charge in [0, 0.05) is 30.4 Å². The Morgan fingerprint density at radius 3 is 2.62 bits per heavy atom. The van der Waals surface area contributed by atoms with Crippen molar-refractivity contribution in [2.24, 2.45) is 5.73 Å². The largest absolute Gasteiger partial charge is 0.492 e. The van der Waals surface area contributed by atoms with Crippen LogP contribution in [0.15, 0.2) is 60.9 Å². The smallest absolute Gasteiger partial charge is 0.248 e. The van der Waals surface area contributed by atoms with Crippen molar-refractivity contribution < 1.29 is 19.1 Å². The number of ether oxygens (including phenoxy) is 2. The van der Waals surface area contributed by atoms with Crippen LogP contribution in [0.25, 0.3) is 0 Å². The van der Waals surface area contributed by atoms with Crippen LogP contribution in [0.3, 0.4) is 0 Å². The summed E-state index contributed by atoms with van der Waals surface area (Å²) in [5.41, 5.74) is 9.03. The average Bonchev–Trinajstić information content (AvgIpc) is 2.72. The van der Waals surface area contributed by atoms with Gasteiger partial charge in [-0.05, 0) is 53.9 Å². The van der Waals surface area contributed by atoms with Gasteiger partial charge in [0.15, 0.2) is 5.78 Å². The van der Waals surface area contributed by atoms with E-state index in [2.05, 4.69) is 4.98 Å². The molecule has 0 bridgehead atoms. The van der Waals surface area contributed by atoms with E-state index in [-0.39, 0.29) is 5.78 Å². The number of ketones is 1. The summed E-state index contributed by atoms with van der Waals surface area (Å²) in [7, 11) is 0. The maximum absolute atomic E-state index is 12.0. The molecule has 2 N–H and O–H groups in total. The van der Waals surface area contributed by atoms with Crippen LogP contribution in [0.4, 0.5) is 0 Å². The minimum Gasteiger partial charge on any atom is -0.492 e. The summed E-state index contributed by atoms with van der Waals surface area (Å²) >= 11 is 0. The topological polar surface area (TPSA) is 91.5 Å². The number of rotatable bonds is 5. The number of hydrogen-bond donors (Lipinski definition) is 1. The van der Waals surface area contributed by atoms with Gasteiger partial charge in [0.25, 0.3) is 0 Å². The molecule has 2 heterocycles. The van der Waals surface area contributed by atoms with Crippen LogP contribution in [-0.2, 0) is 0 Å². The van der Waals surface area contributed by atoms with Crippen molar-refractivity contribution in [3.63, 3.8) is 0 Å². The summed E-state index contributed by atoms with van der Waals surface area (Å²) in [6.07, 6.45) is 3.35. The van der Waals surface area contributed by atoms with Gasteiger partial charge in [0.2, 0.25) is 5.91 Å². The molecule has 1 aromatic heterocycles. The van der Waals surface area contributed by atoms with Crippen molar-refractivity contribution in [3.8, 4) is 11.5 Å². The van der Waals surface area contributed by atoms with Crippen molar-refractivity contribution in [2.75, 3.05) is 6.61 Å². The quantitative estimate of drug-likeness (QED) is 0.721. The molecule has 29 heavy (non-hydrogen) atoms. The van der Waals surface area contributed by atoms with Crippen molar-refractivity contribution in [1.82, 2.24) is 4.98 Å². The van der Waals surface area contributed by atoms with E-state index in [4.69, 9.17) is 15.2 Å². The number of amides is 1. The first-order chi connectivity index (χ1) is 14.0. The van der Waals surface area contributed by atoms with E-state index >= 15 is 0 Å². The minimum absolute atomic E-state index is 0.0705. The molecule has 0 unspecified atom stereocenters. The Morgan fingerprint density at radius 1 is 1.10 bits per heavy atom. The number of benzene rings is 2. The van der Waals surface area contributed by atoms with Crippen LogP contribution < -0.4 is 15.2 Å². The Hall–Kier alpha value is -3.67. The van der Waals surface area contributed by atoms with Crippen LogP contribution in [0.2, 0.25) is 0 Å². The first-order valence-corrected chi connectivity index (χ1v) is 9.30. The maximum atomic E-state index is 12.0. The molecule has 2 aromatic carbocycles. The molecular formula is C23H20N2O4.